The van der Waals surface area contributed by atoms with Crippen LogP contribution < -0.4 is 0 Å². The monoisotopic (exact) mass is 544 g/mol. The summed E-state index contributed by atoms with van der Waals surface area (Å²) in [5.74, 6) is 0. The van der Waals surface area contributed by atoms with Gasteiger partial charge in [0.2, 0.25) is 8.80 Å². The predicted molar refractivity (Wildman–Crippen MR) is 67.3 cm³/mol. The van der Waals surface area contributed by atoms with Crippen molar-refractivity contribution in [3.05, 3.63) is 0 Å². The van der Waals surface area contributed by atoms with Crippen molar-refractivity contribution >= 4 is 16.1 Å². The summed E-state index contributed by atoms with van der Waals surface area (Å²) < 4.78 is 230. The van der Waals surface area contributed by atoms with Gasteiger partial charge in [0, 0.05) is 0 Å². The minimum absolute atomic E-state index is 2.17. The van der Waals surface area contributed by atoms with E-state index >= 15 is 0 Å². The number of hydrogen-bond acceptors (Lipinski definition) is 3. The minimum Gasteiger partial charge on any atom is -0.402 e. The van der Waals surface area contributed by atoms with Crippen molar-refractivity contribution in [1.29, 1.82) is 0 Å². The van der Waals surface area contributed by atoms with Crippen LogP contribution in [-0.2, 0) is 0 Å². The zero-order valence-corrected chi connectivity index (χ0v) is 15.2. The molecule has 3 unspecified atom stereocenters. The molecule has 0 aliphatic heterocycles. The highest BCUT2D eigenvalue weighted by Gasteiger charge is 2.90. The van der Waals surface area contributed by atoms with Crippen molar-refractivity contribution < 1.29 is 94.1 Å². The van der Waals surface area contributed by atoms with Crippen LogP contribution in [-0.4, -0.2) is 84.9 Å². The van der Waals surface area contributed by atoms with Crippen molar-refractivity contribution in [2.24, 2.45) is 0 Å². The molecule has 0 radical (unpaired) electrons. The topological polar surface area (TPSA) is 60.7 Å². The summed E-state index contributed by atoms with van der Waals surface area (Å²) in [4.78, 5) is 0. The summed E-state index contributed by atoms with van der Waals surface area (Å²) in [6.45, 7) is 0. The normalized spacial score (nSPS) is 20.2. The molecule has 3 atom stereocenters. The third-order valence-corrected chi connectivity index (χ3v) is 7.78. The molecule has 0 aliphatic rings. The van der Waals surface area contributed by atoms with Crippen LogP contribution in [0.1, 0.15) is 0 Å². The molecule has 23 heteroatoms. The van der Waals surface area contributed by atoms with Crippen molar-refractivity contribution in [2.75, 3.05) is 0 Å². The van der Waals surface area contributed by atoms with Crippen LogP contribution in [0.25, 0.3) is 0 Å². The van der Waals surface area contributed by atoms with Gasteiger partial charge < -0.3 is 15.1 Å². The predicted octanol–water partition coefficient (Wildman–Crippen LogP) is 3.39. The summed E-state index contributed by atoms with van der Waals surface area (Å²) in [6, 6.07) is 0. The van der Waals surface area contributed by atoms with Gasteiger partial charge >= 0.3 is 25.9 Å². The van der Waals surface area contributed by atoms with E-state index in [9.17, 15) is 79.0 Å². The summed E-state index contributed by atoms with van der Waals surface area (Å²) in [5.41, 5.74) is 0. The standard InChI is InChI=1S/C9H4F18Si.BH3O3/c10-1(11)4(16,7(19,20)21)28(5(17,2(12)13)8(22,23)24)6(18,3(14)15)9(25,26)27;2-1(3)4/h1-3,28H;2-4H. The molecule has 0 saturated carbocycles. The first-order chi connectivity index (χ1) is 13.7. The van der Waals surface area contributed by atoms with Crippen LogP contribution in [0, 0.1) is 0 Å². The zero-order chi connectivity index (χ0) is 26.9. The lowest BCUT2D eigenvalue weighted by molar-refractivity contribution is -0.281. The van der Waals surface area contributed by atoms with Crippen molar-refractivity contribution in [3.8, 4) is 0 Å². The van der Waals surface area contributed by atoms with Gasteiger partial charge in [-0.25, -0.2) is 39.5 Å². The fourth-order valence-corrected chi connectivity index (χ4v) is 5.73. The number of hydrogen-bond donors (Lipinski definition) is 3. The molecular formula is C9H7BF18O3Si. The molecule has 3 N–H and O–H groups in total. The molecule has 32 heavy (non-hydrogen) atoms. The highest BCUT2D eigenvalue weighted by Crippen LogP contribution is 2.58. The van der Waals surface area contributed by atoms with E-state index in [1.165, 1.54) is 0 Å². The molecule has 194 valence electrons. The quantitative estimate of drug-likeness (QED) is 0.356. The maximum Gasteiger partial charge on any atom is 0.631 e. The molecule has 0 spiro atoms. The van der Waals surface area contributed by atoms with Gasteiger partial charge in [-0.15, -0.1) is 0 Å². The first kappa shape index (κ1) is 33.1. The Morgan fingerprint density at radius 1 is 0.438 bits per heavy atom. The van der Waals surface area contributed by atoms with Crippen LogP contribution in [0.5, 0.6) is 0 Å². The second-order valence-electron chi connectivity index (χ2n) is 5.48. The van der Waals surface area contributed by atoms with Gasteiger partial charge in [-0.1, -0.05) is 0 Å². The molecule has 0 aromatic heterocycles. The molecule has 0 heterocycles. The van der Waals surface area contributed by atoms with Crippen LogP contribution in [0.2, 0.25) is 0 Å². The Hall–Kier alpha value is -1.10. The first-order valence-corrected chi connectivity index (χ1v) is 8.57. The van der Waals surface area contributed by atoms with Crippen LogP contribution >= 0.6 is 0 Å². The molecule has 0 saturated heterocycles. The third-order valence-electron chi connectivity index (χ3n) is 3.52. The summed E-state index contributed by atoms with van der Waals surface area (Å²) >= 11 is 0. The second kappa shape index (κ2) is 10.0. The Labute approximate surface area is 165 Å². The van der Waals surface area contributed by atoms with E-state index in [0.29, 0.717) is 0 Å². The van der Waals surface area contributed by atoms with Gasteiger partial charge in [0.25, 0.3) is 35.2 Å². The molecule has 0 aromatic rings. The molecular weight excluding hydrogens is 537 g/mol. The van der Waals surface area contributed by atoms with E-state index in [4.69, 9.17) is 15.1 Å². The minimum atomic E-state index is -9.10. The maximum atomic E-state index is 13.9. The second-order valence-corrected chi connectivity index (χ2v) is 8.87. The maximum absolute atomic E-state index is 13.9. The van der Waals surface area contributed by atoms with Crippen molar-refractivity contribution in [3.63, 3.8) is 0 Å². The third kappa shape index (κ3) is 5.87. The lowest BCUT2D eigenvalue weighted by atomic mass is 10.3. The average molecular weight is 544 g/mol. The summed E-state index contributed by atoms with van der Waals surface area (Å²) in [7, 11) is -11.3. The Bertz CT molecular complexity index is 515. The largest absolute Gasteiger partial charge is 0.631 e. The Morgan fingerprint density at radius 3 is 0.625 bits per heavy atom. The van der Waals surface area contributed by atoms with E-state index < -0.39 is 69.8 Å². The molecule has 0 bridgehead atoms. The van der Waals surface area contributed by atoms with E-state index in [-0.39, 0.29) is 0 Å². The van der Waals surface area contributed by atoms with Gasteiger partial charge in [0.15, 0.2) is 0 Å². The zero-order valence-electron chi connectivity index (χ0n) is 14.0. The highest BCUT2D eigenvalue weighted by atomic mass is 28.3. The van der Waals surface area contributed by atoms with Gasteiger partial charge in [0.1, 0.15) is 0 Å². The van der Waals surface area contributed by atoms with Crippen molar-refractivity contribution in [1.82, 2.24) is 0 Å². The SMILES string of the molecule is FC(F)C(F)([SiH](C(F)(C(F)F)C(F)(F)F)C(F)(C(F)F)C(F)(F)F)C(F)(F)F.OB(O)O. The van der Waals surface area contributed by atoms with E-state index in [2.05, 4.69) is 0 Å². The van der Waals surface area contributed by atoms with Gasteiger partial charge in [-0.05, 0) is 0 Å². The molecule has 0 fully saturated rings. The van der Waals surface area contributed by atoms with Crippen LogP contribution in [0.3, 0.4) is 0 Å². The molecule has 3 nitrogen and oxygen atoms in total. The van der Waals surface area contributed by atoms with Gasteiger partial charge in [-0.3, -0.25) is 0 Å². The molecule has 0 aromatic carbocycles. The average Bonchev–Trinajstić information content (AvgIpc) is 2.49. The van der Waals surface area contributed by atoms with E-state index in [1.807, 2.05) is 0 Å². The Kier molecular flexibility index (Phi) is 10.4. The highest BCUT2D eigenvalue weighted by molar-refractivity contribution is 6.69. The molecule has 0 rings (SSSR count). The number of alkyl halides is 18. The summed E-state index contributed by atoms with van der Waals surface area (Å²) in [6.07, 6.45) is -42.2. The lowest BCUT2D eigenvalue weighted by Gasteiger charge is -2.47. The van der Waals surface area contributed by atoms with Crippen molar-refractivity contribution in [2.45, 2.75) is 53.7 Å². The molecule has 0 amide bonds. The van der Waals surface area contributed by atoms with Crippen LogP contribution in [0.4, 0.5) is 79.0 Å². The fraction of sp³-hybridized carbons (Fsp3) is 1.00. The van der Waals surface area contributed by atoms with E-state index in [0.717, 1.165) is 0 Å². The van der Waals surface area contributed by atoms with E-state index in [1.54, 1.807) is 0 Å². The fourth-order valence-electron chi connectivity index (χ4n) is 2.16. The Morgan fingerprint density at radius 2 is 0.562 bits per heavy atom. The smallest absolute Gasteiger partial charge is 0.402 e. The number of rotatable bonds is 6. The number of halogens is 18. The first-order valence-electron chi connectivity index (χ1n) is 6.83. The van der Waals surface area contributed by atoms with Gasteiger partial charge in [-0.2, -0.15) is 39.5 Å². The Balaban J connectivity index is 0. The molecule has 0 aliphatic carbocycles. The van der Waals surface area contributed by atoms with Crippen LogP contribution in [0.15, 0.2) is 0 Å². The summed E-state index contributed by atoms with van der Waals surface area (Å²) in [5, 5.41) is -1.43. The lowest BCUT2D eigenvalue weighted by Crippen LogP contribution is -2.83. The van der Waals surface area contributed by atoms with Gasteiger partial charge in [0.05, 0.1) is 0 Å².